The number of benzene rings is 2. The first-order valence-electron chi connectivity index (χ1n) is 8.67. The Morgan fingerprint density at radius 2 is 1.86 bits per heavy atom. The number of ether oxygens (including phenoxy) is 2. The zero-order chi connectivity index (χ0) is 20.3. The van der Waals surface area contributed by atoms with Gasteiger partial charge in [0.15, 0.2) is 11.5 Å². The van der Waals surface area contributed by atoms with Crippen molar-refractivity contribution >= 4 is 21.6 Å². The van der Waals surface area contributed by atoms with Gasteiger partial charge < -0.3 is 14.8 Å². The fourth-order valence-electron chi connectivity index (χ4n) is 3.03. The van der Waals surface area contributed by atoms with Crippen molar-refractivity contribution in [3.63, 3.8) is 0 Å². The summed E-state index contributed by atoms with van der Waals surface area (Å²) in [7, 11) is -0.979. The maximum atomic E-state index is 14.3. The fourth-order valence-corrected chi connectivity index (χ4v) is 4.17. The normalized spacial score (nSPS) is 13.6. The highest BCUT2D eigenvalue weighted by atomic mass is 32.2. The standard InChI is InChI=1S/C19H21FN2O5S/c1-26-16-5-3-12(9-17(16)27-2)7-8-21-28(24,25)18-10-13-4-6-19(23)22-15(13)11-14(18)20/h3,5,9-11,21H,4,6-8H2,1-2H3,(H,22,23). The number of halogens is 1. The summed E-state index contributed by atoms with van der Waals surface area (Å²) in [6, 6.07) is 7.63. The number of nitrogens with one attached hydrogen (secondary N) is 2. The molecule has 2 aromatic rings. The largest absolute Gasteiger partial charge is 0.493 e. The number of hydrogen-bond acceptors (Lipinski definition) is 5. The van der Waals surface area contributed by atoms with Crippen LogP contribution in [0.25, 0.3) is 0 Å². The van der Waals surface area contributed by atoms with E-state index in [9.17, 15) is 17.6 Å². The number of hydrogen-bond donors (Lipinski definition) is 2. The Morgan fingerprint density at radius 3 is 2.57 bits per heavy atom. The number of sulfonamides is 1. The van der Waals surface area contributed by atoms with E-state index < -0.39 is 20.7 Å². The molecule has 2 N–H and O–H groups in total. The molecule has 0 atom stereocenters. The minimum absolute atomic E-state index is 0.0884. The Balaban J connectivity index is 1.72. The van der Waals surface area contributed by atoms with Crippen molar-refractivity contribution in [2.45, 2.75) is 24.2 Å². The van der Waals surface area contributed by atoms with Crippen molar-refractivity contribution in [3.8, 4) is 11.5 Å². The van der Waals surface area contributed by atoms with Crippen LogP contribution in [0.1, 0.15) is 17.5 Å². The highest BCUT2D eigenvalue weighted by Gasteiger charge is 2.24. The van der Waals surface area contributed by atoms with Crippen molar-refractivity contribution in [3.05, 3.63) is 47.3 Å². The molecule has 0 spiro atoms. The van der Waals surface area contributed by atoms with Crippen molar-refractivity contribution in [1.29, 1.82) is 0 Å². The topological polar surface area (TPSA) is 93.7 Å². The summed E-state index contributed by atoms with van der Waals surface area (Å²) >= 11 is 0. The molecule has 9 heteroatoms. The van der Waals surface area contributed by atoms with Gasteiger partial charge in [-0.2, -0.15) is 0 Å². The lowest BCUT2D eigenvalue weighted by Crippen LogP contribution is -2.27. The SMILES string of the molecule is COc1ccc(CCNS(=O)(=O)c2cc3c(cc2F)NC(=O)CC3)cc1OC. The molecule has 150 valence electrons. The van der Waals surface area contributed by atoms with Crippen molar-refractivity contribution in [1.82, 2.24) is 4.72 Å². The van der Waals surface area contributed by atoms with E-state index in [2.05, 4.69) is 10.0 Å². The van der Waals surface area contributed by atoms with Gasteiger partial charge in [-0.15, -0.1) is 0 Å². The summed E-state index contributed by atoms with van der Waals surface area (Å²) in [5, 5.41) is 2.55. The zero-order valence-corrected chi connectivity index (χ0v) is 16.4. The molecular weight excluding hydrogens is 387 g/mol. The highest BCUT2D eigenvalue weighted by Crippen LogP contribution is 2.29. The molecule has 0 bridgehead atoms. The first-order chi connectivity index (χ1) is 13.3. The van der Waals surface area contributed by atoms with E-state index in [4.69, 9.17) is 9.47 Å². The summed E-state index contributed by atoms with van der Waals surface area (Å²) in [5.74, 6) is 0.0100. The molecule has 2 aromatic carbocycles. The van der Waals surface area contributed by atoms with Gasteiger partial charge in [0.1, 0.15) is 10.7 Å². The molecule has 1 amide bonds. The Hall–Kier alpha value is -2.65. The van der Waals surface area contributed by atoms with Gasteiger partial charge in [0.25, 0.3) is 0 Å². The number of aryl methyl sites for hydroxylation is 1. The molecule has 1 aliphatic heterocycles. The predicted molar refractivity (Wildman–Crippen MR) is 102 cm³/mol. The molecule has 0 saturated carbocycles. The predicted octanol–water partition coefficient (Wildman–Crippen LogP) is 2.25. The number of anilines is 1. The van der Waals surface area contributed by atoms with Crippen LogP contribution in [0.15, 0.2) is 35.2 Å². The number of carbonyl (C=O) groups excluding carboxylic acids is 1. The van der Waals surface area contributed by atoms with E-state index in [-0.39, 0.29) is 18.9 Å². The summed E-state index contributed by atoms with van der Waals surface area (Å²) < 4.78 is 52.2. The third kappa shape index (κ3) is 4.26. The van der Waals surface area contributed by atoms with Gasteiger partial charge in [-0.3, -0.25) is 4.79 Å². The van der Waals surface area contributed by atoms with Gasteiger partial charge >= 0.3 is 0 Å². The van der Waals surface area contributed by atoms with Crippen molar-refractivity contribution in [2.75, 3.05) is 26.1 Å². The molecule has 1 aliphatic rings. The van der Waals surface area contributed by atoms with Crippen molar-refractivity contribution in [2.24, 2.45) is 0 Å². The number of methoxy groups -OCH3 is 2. The molecule has 1 heterocycles. The molecule has 7 nitrogen and oxygen atoms in total. The molecule has 3 rings (SSSR count). The van der Waals surface area contributed by atoms with Crippen LogP contribution in [0.3, 0.4) is 0 Å². The van der Waals surface area contributed by atoms with Crippen LogP contribution in [-0.4, -0.2) is 35.1 Å². The quantitative estimate of drug-likeness (QED) is 0.733. The lowest BCUT2D eigenvalue weighted by atomic mass is 10.0. The summed E-state index contributed by atoms with van der Waals surface area (Å²) in [5.41, 5.74) is 1.76. The van der Waals surface area contributed by atoms with Gasteiger partial charge in [0.05, 0.1) is 14.2 Å². The number of carbonyl (C=O) groups is 1. The monoisotopic (exact) mass is 408 g/mol. The summed E-state index contributed by atoms with van der Waals surface area (Å²) in [4.78, 5) is 11.0. The van der Waals surface area contributed by atoms with E-state index in [1.807, 2.05) is 0 Å². The molecule has 28 heavy (non-hydrogen) atoms. The zero-order valence-electron chi connectivity index (χ0n) is 15.5. The molecule has 0 unspecified atom stereocenters. The number of fused-ring (bicyclic) bond motifs is 1. The van der Waals surface area contributed by atoms with Crippen LogP contribution in [-0.2, 0) is 27.7 Å². The Bertz CT molecular complexity index is 1010. The molecule has 0 radical (unpaired) electrons. The summed E-state index contributed by atoms with van der Waals surface area (Å²) in [6.07, 6.45) is 1.00. The molecule has 0 aliphatic carbocycles. The smallest absolute Gasteiger partial charge is 0.243 e. The maximum absolute atomic E-state index is 14.3. The lowest BCUT2D eigenvalue weighted by Gasteiger charge is -2.18. The maximum Gasteiger partial charge on any atom is 0.243 e. The van der Waals surface area contributed by atoms with Crippen molar-refractivity contribution < 1.29 is 27.1 Å². The lowest BCUT2D eigenvalue weighted by molar-refractivity contribution is -0.116. The second-order valence-corrected chi connectivity index (χ2v) is 8.06. The Kier molecular flexibility index (Phi) is 5.85. The average molecular weight is 408 g/mol. The second kappa shape index (κ2) is 8.15. The molecule has 0 saturated heterocycles. The van der Waals surface area contributed by atoms with E-state index >= 15 is 0 Å². The third-order valence-electron chi connectivity index (χ3n) is 4.50. The van der Waals surface area contributed by atoms with Gasteiger partial charge in [0, 0.05) is 18.7 Å². The number of rotatable bonds is 7. The third-order valence-corrected chi connectivity index (χ3v) is 5.97. The Labute approximate surface area is 162 Å². The van der Waals surface area contributed by atoms with Crippen LogP contribution in [0.5, 0.6) is 11.5 Å². The van der Waals surface area contributed by atoms with E-state index in [0.29, 0.717) is 35.6 Å². The first kappa shape index (κ1) is 20.1. The highest BCUT2D eigenvalue weighted by molar-refractivity contribution is 7.89. The van der Waals surface area contributed by atoms with Crippen LogP contribution >= 0.6 is 0 Å². The fraction of sp³-hybridized carbons (Fsp3) is 0.316. The first-order valence-corrected chi connectivity index (χ1v) is 10.1. The van der Waals surface area contributed by atoms with Crippen LogP contribution in [0, 0.1) is 5.82 Å². The van der Waals surface area contributed by atoms with Crippen LogP contribution < -0.4 is 19.5 Å². The van der Waals surface area contributed by atoms with Gasteiger partial charge in [-0.1, -0.05) is 6.07 Å². The van der Waals surface area contributed by atoms with E-state index in [1.54, 1.807) is 18.2 Å². The van der Waals surface area contributed by atoms with Gasteiger partial charge in [-0.25, -0.2) is 17.5 Å². The van der Waals surface area contributed by atoms with Crippen LogP contribution in [0.4, 0.5) is 10.1 Å². The van der Waals surface area contributed by atoms with Crippen LogP contribution in [0.2, 0.25) is 0 Å². The summed E-state index contributed by atoms with van der Waals surface area (Å²) in [6.45, 7) is 0.0884. The Morgan fingerprint density at radius 1 is 1.11 bits per heavy atom. The van der Waals surface area contributed by atoms with E-state index in [1.165, 1.54) is 20.3 Å². The molecule has 0 aromatic heterocycles. The minimum atomic E-state index is -4.03. The van der Waals surface area contributed by atoms with Gasteiger partial charge in [0.2, 0.25) is 15.9 Å². The van der Waals surface area contributed by atoms with E-state index in [0.717, 1.165) is 11.6 Å². The van der Waals surface area contributed by atoms with Gasteiger partial charge in [-0.05, 0) is 48.2 Å². The molecule has 0 fully saturated rings. The number of amides is 1. The average Bonchev–Trinajstić information content (AvgIpc) is 2.66. The minimum Gasteiger partial charge on any atom is -0.493 e. The molecular formula is C19H21FN2O5S. The second-order valence-electron chi connectivity index (χ2n) is 6.33.